The number of aromatic carboxylic acids is 1. The minimum absolute atomic E-state index is 0.126. The summed E-state index contributed by atoms with van der Waals surface area (Å²) in [4.78, 5) is 14.5. The summed E-state index contributed by atoms with van der Waals surface area (Å²) >= 11 is 3.13. The van der Waals surface area contributed by atoms with Gasteiger partial charge in [-0.15, -0.1) is 0 Å². The third-order valence-electron chi connectivity index (χ3n) is 1.36. The maximum atomic E-state index is 10.6. The van der Waals surface area contributed by atoms with Crippen molar-refractivity contribution in [1.29, 1.82) is 0 Å². The number of carboxylic acids is 1. The van der Waals surface area contributed by atoms with Crippen molar-refractivity contribution in [3.63, 3.8) is 0 Å². The molecule has 3 N–H and O–H groups in total. The van der Waals surface area contributed by atoms with E-state index >= 15 is 0 Å². The van der Waals surface area contributed by atoms with Gasteiger partial charge in [-0.2, -0.15) is 0 Å². The highest BCUT2D eigenvalue weighted by Gasteiger charge is 2.09. The first-order valence-electron chi connectivity index (χ1n) is 3.24. The van der Waals surface area contributed by atoms with Crippen LogP contribution in [0.4, 0.5) is 0 Å². The Morgan fingerprint density at radius 1 is 1.67 bits per heavy atom. The van der Waals surface area contributed by atoms with Crippen LogP contribution in [0.3, 0.4) is 0 Å². The molecule has 1 aromatic rings. The summed E-state index contributed by atoms with van der Waals surface area (Å²) in [7, 11) is 0. The number of carboxylic acid groups (broad SMARTS) is 1. The highest BCUT2D eigenvalue weighted by molar-refractivity contribution is 9.10. The lowest BCUT2D eigenvalue weighted by molar-refractivity contribution is 0.0695. The molecule has 0 aliphatic carbocycles. The van der Waals surface area contributed by atoms with Crippen LogP contribution in [0.25, 0.3) is 0 Å². The summed E-state index contributed by atoms with van der Waals surface area (Å²) < 4.78 is 0.591. The van der Waals surface area contributed by atoms with E-state index in [1.54, 1.807) is 6.07 Å². The number of aromatic nitrogens is 1. The molecule has 0 amide bonds. The Balaban J connectivity index is 3.20. The molecule has 0 spiro atoms. The molecule has 5 heteroatoms. The Bertz CT molecular complexity index is 314. The summed E-state index contributed by atoms with van der Waals surface area (Å²) in [5.74, 6) is -1.00. The van der Waals surface area contributed by atoms with Crippen molar-refractivity contribution in [2.24, 2.45) is 5.73 Å². The van der Waals surface area contributed by atoms with Crippen molar-refractivity contribution in [3.05, 3.63) is 28.0 Å². The fraction of sp³-hybridized carbons (Fsp3) is 0.143. The Hall–Kier alpha value is -0.940. The van der Waals surface area contributed by atoms with Crippen LogP contribution in [-0.2, 0) is 6.54 Å². The summed E-state index contributed by atoms with van der Waals surface area (Å²) in [6, 6.07) is 3.05. The van der Waals surface area contributed by atoms with Gasteiger partial charge in [0.25, 0.3) is 0 Å². The molecule has 1 aromatic heterocycles. The topological polar surface area (TPSA) is 76.2 Å². The summed E-state index contributed by atoms with van der Waals surface area (Å²) in [6.07, 6.45) is 0. The van der Waals surface area contributed by atoms with Crippen LogP contribution in [0.2, 0.25) is 0 Å². The van der Waals surface area contributed by atoms with Crippen molar-refractivity contribution in [1.82, 2.24) is 4.98 Å². The maximum absolute atomic E-state index is 10.6. The molecule has 4 nitrogen and oxygen atoms in total. The van der Waals surface area contributed by atoms with Crippen molar-refractivity contribution in [2.75, 3.05) is 0 Å². The predicted molar refractivity (Wildman–Crippen MR) is 46.8 cm³/mol. The highest BCUT2D eigenvalue weighted by atomic mass is 79.9. The Kier molecular flexibility index (Phi) is 2.78. The molecule has 0 aliphatic heterocycles. The first-order chi connectivity index (χ1) is 5.65. The van der Waals surface area contributed by atoms with E-state index in [2.05, 4.69) is 20.9 Å². The zero-order valence-corrected chi connectivity index (χ0v) is 7.71. The van der Waals surface area contributed by atoms with E-state index in [0.29, 0.717) is 10.3 Å². The lowest BCUT2D eigenvalue weighted by Crippen LogP contribution is -2.09. The second-order valence-corrected chi connectivity index (χ2v) is 2.95. The van der Waals surface area contributed by atoms with Crippen molar-refractivity contribution in [2.45, 2.75) is 6.54 Å². The standard InChI is InChI=1S/C7H7BrN2O2/c8-6-2-1-4(7(11)12)5(3-9)10-6/h1-2H,3,9H2,(H,11,12). The molecule has 0 aromatic carbocycles. The van der Waals surface area contributed by atoms with E-state index in [0.717, 1.165) is 0 Å². The van der Waals surface area contributed by atoms with Crippen molar-refractivity contribution in [3.8, 4) is 0 Å². The van der Waals surface area contributed by atoms with E-state index in [-0.39, 0.29) is 12.1 Å². The number of rotatable bonds is 2. The van der Waals surface area contributed by atoms with Gasteiger partial charge < -0.3 is 10.8 Å². The number of pyridine rings is 1. The van der Waals surface area contributed by atoms with E-state index < -0.39 is 5.97 Å². The molecule has 0 aliphatic rings. The lowest BCUT2D eigenvalue weighted by Gasteiger charge is -2.01. The predicted octanol–water partition coefficient (Wildman–Crippen LogP) is 1.00. The van der Waals surface area contributed by atoms with Gasteiger partial charge in [0, 0.05) is 6.54 Å². The lowest BCUT2D eigenvalue weighted by atomic mass is 10.2. The van der Waals surface area contributed by atoms with E-state index in [1.165, 1.54) is 6.07 Å². The van der Waals surface area contributed by atoms with Crippen molar-refractivity contribution < 1.29 is 9.90 Å². The molecule has 0 unspecified atom stereocenters. The van der Waals surface area contributed by atoms with Crippen LogP contribution in [0.5, 0.6) is 0 Å². The molecule has 0 radical (unpaired) electrons. The normalized spacial score (nSPS) is 9.83. The Morgan fingerprint density at radius 2 is 2.33 bits per heavy atom. The zero-order valence-electron chi connectivity index (χ0n) is 6.12. The number of carbonyl (C=O) groups is 1. The summed E-state index contributed by atoms with van der Waals surface area (Å²) in [5, 5.41) is 8.68. The molecule has 0 atom stereocenters. The van der Waals surface area contributed by atoms with Gasteiger partial charge >= 0.3 is 5.97 Å². The van der Waals surface area contributed by atoms with Gasteiger partial charge in [-0.1, -0.05) is 0 Å². The molecule has 0 bridgehead atoms. The molecular formula is C7H7BrN2O2. The smallest absolute Gasteiger partial charge is 0.337 e. The SMILES string of the molecule is NCc1nc(Br)ccc1C(=O)O. The first-order valence-corrected chi connectivity index (χ1v) is 4.03. The number of halogens is 1. The fourth-order valence-electron chi connectivity index (χ4n) is 0.825. The van der Waals surface area contributed by atoms with Crippen LogP contribution in [0.1, 0.15) is 16.1 Å². The molecule has 1 heterocycles. The van der Waals surface area contributed by atoms with Crippen LogP contribution in [0, 0.1) is 0 Å². The van der Waals surface area contributed by atoms with Gasteiger partial charge in [-0.25, -0.2) is 9.78 Å². The van der Waals surface area contributed by atoms with E-state index in [1.807, 2.05) is 0 Å². The average molecular weight is 231 g/mol. The number of nitrogens with zero attached hydrogens (tertiary/aromatic N) is 1. The quantitative estimate of drug-likeness (QED) is 0.744. The Labute approximate surface area is 77.5 Å². The highest BCUT2D eigenvalue weighted by Crippen LogP contribution is 2.11. The van der Waals surface area contributed by atoms with Crippen LogP contribution >= 0.6 is 15.9 Å². The van der Waals surface area contributed by atoms with Crippen molar-refractivity contribution >= 4 is 21.9 Å². The molecular weight excluding hydrogens is 224 g/mol. The number of nitrogens with two attached hydrogens (primary N) is 1. The second-order valence-electron chi connectivity index (χ2n) is 2.14. The third kappa shape index (κ3) is 1.80. The molecule has 1 rings (SSSR count). The minimum atomic E-state index is -1.00. The monoisotopic (exact) mass is 230 g/mol. The summed E-state index contributed by atoms with van der Waals surface area (Å²) in [5.41, 5.74) is 5.85. The van der Waals surface area contributed by atoms with Gasteiger partial charge in [0.05, 0.1) is 11.3 Å². The molecule has 0 fully saturated rings. The Morgan fingerprint density at radius 3 is 2.83 bits per heavy atom. The minimum Gasteiger partial charge on any atom is -0.478 e. The van der Waals surface area contributed by atoms with Gasteiger partial charge in [0.2, 0.25) is 0 Å². The number of hydrogen-bond donors (Lipinski definition) is 2. The fourth-order valence-corrected chi connectivity index (χ4v) is 1.17. The second kappa shape index (κ2) is 3.64. The van der Waals surface area contributed by atoms with Gasteiger partial charge in [-0.05, 0) is 28.1 Å². The van der Waals surface area contributed by atoms with E-state index in [9.17, 15) is 4.79 Å². The maximum Gasteiger partial charge on any atom is 0.337 e. The van der Waals surface area contributed by atoms with Gasteiger partial charge in [0.1, 0.15) is 4.60 Å². The average Bonchev–Trinajstić information content (AvgIpc) is 2.03. The molecule has 0 saturated heterocycles. The largest absolute Gasteiger partial charge is 0.478 e. The van der Waals surface area contributed by atoms with Crippen LogP contribution in [-0.4, -0.2) is 16.1 Å². The first kappa shape index (κ1) is 9.15. The number of hydrogen-bond acceptors (Lipinski definition) is 3. The molecule has 12 heavy (non-hydrogen) atoms. The molecule has 64 valence electrons. The van der Waals surface area contributed by atoms with Gasteiger partial charge in [0.15, 0.2) is 0 Å². The van der Waals surface area contributed by atoms with Crippen LogP contribution in [0.15, 0.2) is 16.7 Å². The van der Waals surface area contributed by atoms with Crippen LogP contribution < -0.4 is 5.73 Å². The third-order valence-corrected chi connectivity index (χ3v) is 1.81. The summed E-state index contributed by atoms with van der Waals surface area (Å²) in [6.45, 7) is 0.126. The molecule has 0 saturated carbocycles. The van der Waals surface area contributed by atoms with Gasteiger partial charge in [-0.3, -0.25) is 0 Å². The zero-order chi connectivity index (χ0) is 9.14. The van der Waals surface area contributed by atoms with E-state index in [4.69, 9.17) is 10.8 Å².